The summed E-state index contributed by atoms with van der Waals surface area (Å²) in [7, 11) is 0. The van der Waals surface area contributed by atoms with E-state index in [1.54, 1.807) is 0 Å². The van der Waals surface area contributed by atoms with Gasteiger partial charge in [0.25, 0.3) is 0 Å². The molecule has 0 fully saturated rings. The van der Waals surface area contributed by atoms with E-state index in [4.69, 9.17) is 8.83 Å². The normalized spacial score (nSPS) is 14.9. The second-order valence-electron chi connectivity index (χ2n) is 7.35. The van der Waals surface area contributed by atoms with Crippen molar-refractivity contribution in [1.82, 2.24) is 0 Å². The molecule has 1 aliphatic carbocycles. The van der Waals surface area contributed by atoms with Gasteiger partial charge in [0.05, 0.1) is 6.26 Å². The molecule has 0 unspecified atom stereocenters. The van der Waals surface area contributed by atoms with E-state index in [-0.39, 0.29) is 11.0 Å². The summed E-state index contributed by atoms with van der Waals surface area (Å²) in [6, 6.07) is 2.16. The Bertz CT molecular complexity index is 964. The van der Waals surface area contributed by atoms with Gasteiger partial charge in [0.2, 0.25) is 0 Å². The van der Waals surface area contributed by atoms with Crippen molar-refractivity contribution in [2.75, 3.05) is 0 Å². The predicted octanol–water partition coefficient (Wildman–Crippen LogP) is 4.63. The first kappa shape index (κ1) is 13.6. The maximum absolute atomic E-state index is 12.2. The molecule has 0 radical (unpaired) electrons. The zero-order valence-electron chi connectivity index (χ0n) is 13.5. The minimum atomic E-state index is -0.176. The molecule has 0 spiro atoms. The first-order chi connectivity index (χ1) is 10.4. The van der Waals surface area contributed by atoms with Crippen molar-refractivity contribution < 1.29 is 8.83 Å². The summed E-state index contributed by atoms with van der Waals surface area (Å²) in [6.07, 6.45) is 4.68. The highest BCUT2D eigenvalue weighted by Crippen LogP contribution is 2.38. The van der Waals surface area contributed by atoms with Crippen LogP contribution in [-0.2, 0) is 18.3 Å². The second kappa shape index (κ2) is 4.25. The zero-order chi connectivity index (χ0) is 15.6. The number of rotatable bonds is 0. The first-order valence-electron chi connectivity index (χ1n) is 7.88. The highest BCUT2D eigenvalue weighted by atomic mass is 16.4. The van der Waals surface area contributed by atoms with Crippen LogP contribution in [0, 0.1) is 6.92 Å². The molecule has 1 aromatic carbocycles. The molecule has 2 heterocycles. The lowest BCUT2D eigenvalue weighted by Gasteiger charge is -2.17. The molecule has 0 amide bonds. The Morgan fingerprint density at radius 1 is 1.05 bits per heavy atom. The zero-order valence-corrected chi connectivity index (χ0v) is 13.5. The highest BCUT2D eigenvalue weighted by Gasteiger charge is 2.25. The molecule has 0 bridgehead atoms. The van der Waals surface area contributed by atoms with E-state index >= 15 is 0 Å². The summed E-state index contributed by atoms with van der Waals surface area (Å²) in [5.41, 5.74) is 5.53. The van der Waals surface area contributed by atoms with Crippen LogP contribution in [0.5, 0.6) is 0 Å². The van der Waals surface area contributed by atoms with Gasteiger partial charge in [0.15, 0.2) is 0 Å². The number of hydrogen-bond donors (Lipinski definition) is 0. The lowest BCUT2D eigenvalue weighted by molar-refractivity contribution is 0.545. The first-order valence-corrected chi connectivity index (χ1v) is 7.88. The van der Waals surface area contributed by atoms with Gasteiger partial charge in [-0.3, -0.25) is 0 Å². The Hall–Kier alpha value is -2.03. The van der Waals surface area contributed by atoms with Crippen LogP contribution in [-0.4, -0.2) is 0 Å². The van der Waals surface area contributed by atoms with Gasteiger partial charge in [-0.2, -0.15) is 0 Å². The Kier molecular flexibility index (Phi) is 2.63. The summed E-state index contributed by atoms with van der Waals surface area (Å²) >= 11 is 0. The predicted molar refractivity (Wildman–Crippen MR) is 87.7 cm³/mol. The number of benzene rings is 1. The summed E-state index contributed by atoms with van der Waals surface area (Å²) < 4.78 is 11.4. The maximum Gasteiger partial charge on any atom is 0.339 e. The van der Waals surface area contributed by atoms with Crippen molar-refractivity contribution in [3.8, 4) is 0 Å². The summed E-state index contributed by atoms with van der Waals surface area (Å²) in [5.74, 6) is 0. The molecule has 3 heteroatoms. The van der Waals surface area contributed by atoms with Crippen molar-refractivity contribution in [2.45, 2.75) is 52.4 Å². The van der Waals surface area contributed by atoms with Crippen molar-refractivity contribution >= 4 is 21.9 Å². The van der Waals surface area contributed by atoms with Crippen LogP contribution < -0.4 is 5.63 Å². The lowest BCUT2D eigenvalue weighted by atomic mass is 9.86. The number of fused-ring (bicyclic) bond motifs is 4. The van der Waals surface area contributed by atoms with Gasteiger partial charge in [-0.25, -0.2) is 4.79 Å². The number of hydrogen-bond acceptors (Lipinski definition) is 3. The maximum atomic E-state index is 12.2. The van der Waals surface area contributed by atoms with E-state index in [0.717, 1.165) is 46.7 Å². The van der Waals surface area contributed by atoms with E-state index in [2.05, 4.69) is 26.8 Å². The largest absolute Gasteiger partial charge is 0.464 e. The van der Waals surface area contributed by atoms with Gasteiger partial charge >= 0.3 is 5.63 Å². The van der Waals surface area contributed by atoms with Gasteiger partial charge in [0.1, 0.15) is 11.2 Å². The van der Waals surface area contributed by atoms with E-state index < -0.39 is 0 Å². The Morgan fingerprint density at radius 2 is 1.77 bits per heavy atom. The van der Waals surface area contributed by atoms with Gasteiger partial charge in [-0.1, -0.05) is 20.8 Å². The van der Waals surface area contributed by atoms with E-state index in [0.29, 0.717) is 5.58 Å². The molecular weight excluding hydrogens is 276 g/mol. The summed E-state index contributed by atoms with van der Waals surface area (Å²) in [4.78, 5) is 12.2. The molecule has 0 saturated heterocycles. The molecule has 0 aliphatic heterocycles. The van der Waals surface area contributed by atoms with Crippen LogP contribution in [0.25, 0.3) is 21.9 Å². The lowest BCUT2D eigenvalue weighted by Crippen LogP contribution is -2.10. The molecule has 3 aromatic rings. The number of aryl methyl sites for hydroxylation is 2. The van der Waals surface area contributed by atoms with Crippen LogP contribution in [0.2, 0.25) is 0 Å². The van der Waals surface area contributed by atoms with Crippen molar-refractivity contribution in [1.29, 1.82) is 0 Å². The second-order valence-corrected chi connectivity index (χ2v) is 7.35. The Labute approximate surface area is 128 Å². The van der Waals surface area contributed by atoms with E-state index in [9.17, 15) is 4.79 Å². The van der Waals surface area contributed by atoms with Crippen molar-refractivity contribution in [3.05, 3.63) is 45.0 Å². The average Bonchev–Trinajstić information content (AvgIpc) is 3.06. The summed E-state index contributed by atoms with van der Waals surface area (Å²) in [5, 5.41) is 2.23. The smallest absolute Gasteiger partial charge is 0.339 e. The molecule has 22 heavy (non-hydrogen) atoms. The van der Waals surface area contributed by atoms with Gasteiger partial charge < -0.3 is 8.83 Å². The van der Waals surface area contributed by atoms with Crippen LogP contribution in [0.15, 0.2) is 26.0 Å². The monoisotopic (exact) mass is 296 g/mol. The Morgan fingerprint density at radius 3 is 2.50 bits per heavy atom. The molecule has 0 atom stereocenters. The molecular formula is C19H20O3. The van der Waals surface area contributed by atoms with Crippen LogP contribution in [0.4, 0.5) is 0 Å². The quantitative estimate of drug-likeness (QED) is 0.568. The third kappa shape index (κ3) is 1.71. The minimum Gasteiger partial charge on any atom is -0.464 e. The third-order valence-electron chi connectivity index (χ3n) is 4.84. The minimum absolute atomic E-state index is 0.0180. The average molecular weight is 296 g/mol. The van der Waals surface area contributed by atoms with Crippen molar-refractivity contribution in [3.63, 3.8) is 0 Å². The van der Waals surface area contributed by atoms with Gasteiger partial charge in [0, 0.05) is 27.5 Å². The van der Waals surface area contributed by atoms with E-state index in [1.807, 2.05) is 13.2 Å². The molecule has 1 aliphatic rings. The Balaban J connectivity index is 2.20. The van der Waals surface area contributed by atoms with Gasteiger partial charge in [-0.05, 0) is 43.2 Å². The van der Waals surface area contributed by atoms with Crippen LogP contribution >= 0.6 is 0 Å². The summed E-state index contributed by atoms with van der Waals surface area (Å²) in [6.45, 7) is 8.54. The highest BCUT2D eigenvalue weighted by molar-refractivity contribution is 6.00. The fourth-order valence-corrected chi connectivity index (χ4v) is 3.67. The molecule has 0 saturated carbocycles. The standard InChI is InChI=1S/C19H20O3/c1-10-16-14(15(9-21-16)19(2,3)4)8-13-11-6-5-7-12(11)18(20)22-17(10)13/h8-9H,5-7H2,1-4H3. The van der Waals surface area contributed by atoms with E-state index in [1.165, 1.54) is 11.1 Å². The molecule has 3 nitrogen and oxygen atoms in total. The molecule has 2 aromatic heterocycles. The van der Waals surface area contributed by atoms with Crippen molar-refractivity contribution in [2.24, 2.45) is 0 Å². The fourth-order valence-electron chi connectivity index (χ4n) is 3.67. The topological polar surface area (TPSA) is 43.4 Å². The third-order valence-corrected chi connectivity index (χ3v) is 4.84. The molecule has 4 rings (SSSR count). The SMILES string of the molecule is Cc1c2occ(C(C)(C)C)c2cc2c3c(c(=O)oc12)CCC3. The van der Waals surface area contributed by atoms with Crippen LogP contribution in [0.3, 0.4) is 0 Å². The van der Waals surface area contributed by atoms with Gasteiger partial charge in [-0.15, -0.1) is 0 Å². The molecule has 0 N–H and O–H groups in total. The van der Waals surface area contributed by atoms with Crippen LogP contribution in [0.1, 0.15) is 49.4 Å². The number of furan rings is 1. The fraction of sp³-hybridized carbons (Fsp3) is 0.421. The molecule has 114 valence electrons.